The first-order valence-electron chi connectivity index (χ1n) is 6.17. The minimum Gasteiger partial charge on any atom is -0.378 e. The minimum atomic E-state index is 0.393. The number of hydrogen-bond donors (Lipinski definition) is 1. The van der Waals surface area contributed by atoms with E-state index >= 15 is 0 Å². The number of benzene rings is 1. The topological polar surface area (TPSA) is 24.9 Å². The molecule has 0 bridgehead atoms. The highest BCUT2D eigenvalue weighted by Crippen LogP contribution is 2.41. The maximum Gasteiger partial charge on any atom is 0.0934 e. The van der Waals surface area contributed by atoms with Crippen LogP contribution in [0.2, 0.25) is 4.34 Å². The van der Waals surface area contributed by atoms with Crippen molar-refractivity contribution in [2.24, 2.45) is 0 Å². The number of fused-ring (bicyclic) bond motifs is 2. The van der Waals surface area contributed by atoms with E-state index in [2.05, 4.69) is 34.6 Å². The number of nitrogens with zero attached hydrogens (tertiary/aromatic N) is 1. The van der Waals surface area contributed by atoms with Crippen molar-refractivity contribution >= 4 is 50.2 Å². The lowest BCUT2D eigenvalue weighted by atomic mass is 10.1. The van der Waals surface area contributed by atoms with Gasteiger partial charge in [0.1, 0.15) is 0 Å². The van der Waals surface area contributed by atoms with E-state index in [1.165, 1.54) is 15.1 Å². The first-order chi connectivity index (χ1) is 9.29. The molecule has 1 atom stereocenters. The van der Waals surface area contributed by atoms with E-state index < -0.39 is 0 Å². The highest BCUT2D eigenvalue weighted by molar-refractivity contribution is 7.17. The van der Waals surface area contributed by atoms with Gasteiger partial charge in [-0.1, -0.05) is 11.6 Å². The Bertz CT molecular complexity index is 747. The summed E-state index contributed by atoms with van der Waals surface area (Å²) in [5, 5.41) is 3.62. The second-order valence-corrected chi connectivity index (χ2v) is 7.35. The summed E-state index contributed by atoms with van der Waals surface area (Å²) in [6.07, 6.45) is 2.28. The SMILES string of the molecule is Clc1cc2c(s1)CCC2Nc1ccc2ncsc2c1. The Morgan fingerprint density at radius 3 is 3.21 bits per heavy atom. The van der Waals surface area contributed by atoms with Gasteiger partial charge in [-0.2, -0.15) is 0 Å². The van der Waals surface area contributed by atoms with Gasteiger partial charge < -0.3 is 5.32 Å². The van der Waals surface area contributed by atoms with Crippen LogP contribution in [0.15, 0.2) is 29.8 Å². The molecule has 1 aromatic carbocycles. The Morgan fingerprint density at radius 2 is 2.26 bits per heavy atom. The van der Waals surface area contributed by atoms with Gasteiger partial charge in [-0.25, -0.2) is 4.98 Å². The van der Waals surface area contributed by atoms with Gasteiger partial charge >= 0.3 is 0 Å². The zero-order valence-corrected chi connectivity index (χ0v) is 12.4. The maximum atomic E-state index is 6.09. The molecule has 19 heavy (non-hydrogen) atoms. The third kappa shape index (κ3) is 2.04. The second kappa shape index (κ2) is 4.47. The molecule has 0 fully saturated rings. The molecule has 0 aliphatic heterocycles. The van der Waals surface area contributed by atoms with Crippen molar-refractivity contribution in [1.82, 2.24) is 4.98 Å². The van der Waals surface area contributed by atoms with Gasteiger partial charge in [0.15, 0.2) is 0 Å². The molecule has 1 aliphatic rings. The summed E-state index contributed by atoms with van der Waals surface area (Å²) in [6.45, 7) is 0. The molecule has 0 radical (unpaired) electrons. The quantitative estimate of drug-likeness (QED) is 0.711. The summed E-state index contributed by atoms with van der Waals surface area (Å²) in [7, 11) is 0. The molecule has 96 valence electrons. The Kier molecular flexibility index (Phi) is 2.76. The number of thiazole rings is 1. The highest BCUT2D eigenvalue weighted by Gasteiger charge is 2.24. The van der Waals surface area contributed by atoms with Crippen LogP contribution in [-0.2, 0) is 6.42 Å². The van der Waals surface area contributed by atoms with Crippen LogP contribution in [0, 0.1) is 0 Å². The van der Waals surface area contributed by atoms with Gasteiger partial charge in [-0.3, -0.25) is 0 Å². The molecule has 2 heterocycles. The van der Waals surface area contributed by atoms with Gasteiger partial charge in [0.2, 0.25) is 0 Å². The molecule has 5 heteroatoms. The largest absolute Gasteiger partial charge is 0.378 e. The Hall–Kier alpha value is -1.10. The lowest BCUT2D eigenvalue weighted by Crippen LogP contribution is -2.06. The molecule has 1 N–H and O–H groups in total. The summed E-state index contributed by atoms with van der Waals surface area (Å²) in [5.41, 5.74) is 5.50. The van der Waals surface area contributed by atoms with E-state index in [0.29, 0.717) is 6.04 Å². The number of aromatic nitrogens is 1. The van der Waals surface area contributed by atoms with Crippen molar-refractivity contribution in [1.29, 1.82) is 0 Å². The average Bonchev–Trinajstić information content (AvgIpc) is 3.06. The molecule has 1 aliphatic carbocycles. The standard InChI is InChI=1S/C14H11ClN2S2/c15-14-6-9-10(3-4-12(9)19-14)17-8-1-2-11-13(5-8)18-7-16-11/h1-2,5-7,10,17H,3-4H2. The van der Waals surface area contributed by atoms with E-state index in [0.717, 1.165) is 28.4 Å². The fourth-order valence-corrected chi connectivity index (χ4v) is 4.70. The molecule has 4 rings (SSSR count). The number of halogens is 1. The van der Waals surface area contributed by atoms with Crippen LogP contribution in [0.5, 0.6) is 0 Å². The van der Waals surface area contributed by atoms with Crippen LogP contribution in [0.25, 0.3) is 10.2 Å². The van der Waals surface area contributed by atoms with E-state index in [9.17, 15) is 0 Å². The summed E-state index contributed by atoms with van der Waals surface area (Å²) in [6, 6.07) is 8.86. The van der Waals surface area contributed by atoms with Gasteiger partial charge in [-0.15, -0.1) is 22.7 Å². The van der Waals surface area contributed by atoms with Crippen molar-refractivity contribution in [3.8, 4) is 0 Å². The van der Waals surface area contributed by atoms with E-state index in [4.69, 9.17) is 11.6 Å². The third-order valence-electron chi connectivity index (χ3n) is 3.52. The molecular formula is C14H11ClN2S2. The number of aryl methyl sites for hydroxylation is 1. The lowest BCUT2D eigenvalue weighted by molar-refractivity contribution is 0.762. The van der Waals surface area contributed by atoms with Crippen molar-refractivity contribution in [3.63, 3.8) is 0 Å². The fraction of sp³-hybridized carbons (Fsp3) is 0.214. The van der Waals surface area contributed by atoms with Gasteiger partial charge in [0.05, 0.1) is 26.1 Å². The molecule has 0 spiro atoms. The van der Waals surface area contributed by atoms with E-state index in [-0.39, 0.29) is 0 Å². The third-order valence-corrected chi connectivity index (χ3v) is 5.65. The highest BCUT2D eigenvalue weighted by atomic mass is 35.5. The summed E-state index contributed by atoms with van der Waals surface area (Å²) in [5.74, 6) is 0. The first-order valence-corrected chi connectivity index (χ1v) is 8.25. The smallest absolute Gasteiger partial charge is 0.0934 e. The summed E-state index contributed by atoms with van der Waals surface area (Å²) < 4.78 is 2.13. The molecule has 3 aromatic rings. The van der Waals surface area contributed by atoms with Crippen LogP contribution in [0.1, 0.15) is 22.9 Å². The number of hydrogen-bond acceptors (Lipinski definition) is 4. The monoisotopic (exact) mass is 306 g/mol. The molecule has 2 aromatic heterocycles. The Balaban J connectivity index is 1.64. The lowest BCUT2D eigenvalue weighted by Gasteiger charge is -2.14. The predicted molar refractivity (Wildman–Crippen MR) is 83.6 cm³/mol. The molecule has 2 nitrogen and oxygen atoms in total. The summed E-state index contributed by atoms with van der Waals surface area (Å²) in [4.78, 5) is 5.74. The van der Waals surface area contributed by atoms with Gasteiger partial charge in [0, 0.05) is 10.6 Å². The van der Waals surface area contributed by atoms with E-state index in [1.54, 1.807) is 22.7 Å². The zero-order chi connectivity index (χ0) is 12.8. The molecular weight excluding hydrogens is 296 g/mol. The van der Waals surface area contributed by atoms with E-state index in [1.807, 2.05) is 5.51 Å². The number of anilines is 1. The molecule has 0 saturated heterocycles. The molecule has 1 unspecified atom stereocenters. The van der Waals surface area contributed by atoms with Crippen molar-refractivity contribution in [2.75, 3.05) is 5.32 Å². The van der Waals surface area contributed by atoms with Crippen LogP contribution in [-0.4, -0.2) is 4.98 Å². The number of rotatable bonds is 2. The maximum absolute atomic E-state index is 6.09. The van der Waals surface area contributed by atoms with Crippen molar-refractivity contribution in [2.45, 2.75) is 18.9 Å². The van der Waals surface area contributed by atoms with Crippen LogP contribution >= 0.6 is 34.3 Å². The predicted octanol–water partition coefficient (Wildman–Crippen LogP) is 5.11. The number of thiophene rings is 1. The average molecular weight is 307 g/mol. The zero-order valence-electron chi connectivity index (χ0n) is 10.0. The Morgan fingerprint density at radius 1 is 1.32 bits per heavy atom. The molecule has 0 amide bonds. The number of nitrogens with one attached hydrogen (secondary N) is 1. The Labute approximate surface area is 124 Å². The molecule has 0 saturated carbocycles. The van der Waals surface area contributed by atoms with Crippen LogP contribution < -0.4 is 5.32 Å². The van der Waals surface area contributed by atoms with Gasteiger partial charge in [0.25, 0.3) is 0 Å². The van der Waals surface area contributed by atoms with Crippen LogP contribution in [0.4, 0.5) is 5.69 Å². The van der Waals surface area contributed by atoms with Crippen molar-refractivity contribution in [3.05, 3.63) is 44.6 Å². The van der Waals surface area contributed by atoms with Crippen molar-refractivity contribution < 1.29 is 0 Å². The normalized spacial score (nSPS) is 17.8. The second-order valence-electron chi connectivity index (χ2n) is 4.70. The minimum absolute atomic E-state index is 0.393. The van der Waals surface area contributed by atoms with Gasteiger partial charge in [-0.05, 0) is 42.7 Å². The first kappa shape index (κ1) is 11.7. The fourth-order valence-electron chi connectivity index (χ4n) is 2.63. The summed E-state index contributed by atoms with van der Waals surface area (Å²) >= 11 is 9.49. The van der Waals surface area contributed by atoms with Crippen LogP contribution in [0.3, 0.4) is 0 Å².